The van der Waals surface area contributed by atoms with Crippen molar-refractivity contribution in [3.05, 3.63) is 46.9 Å². The number of nitrogens with two attached hydrogens (primary N) is 1. The van der Waals surface area contributed by atoms with Gasteiger partial charge in [-0.1, -0.05) is 0 Å². The van der Waals surface area contributed by atoms with Gasteiger partial charge >= 0.3 is 0 Å². The van der Waals surface area contributed by atoms with Crippen molar-refractivity contribution in [2.24, 2.45) is 5.73 Å². The summed E-state index contributed by atoms with van der Waals surface area (Å²) >= 11 is 0. The number of H-pyrrole nitrogens is 1. The van der Waals surface area contributed by atoms with Crippen LogP contribution in [0.1, 0.15) is 22.9 Å². The minimum Gasteiger partial charge on any atom is -0.468 e. The minimum atomic E-state index is -0.442. The van der Waals surface area contributed by atoms with Crippen molar-refractivity contribution < 1.29 is 13.9 Å². The highest BCUT2D eigenvalue weighted by Gasteiger charge is 2.36. The molecule has 3 N–H and O–H groups in total. The Labute approximate surface area is 114 Å². The molecule has 2 aromatic heterocycles. The first-order valence-electron chi connectivity index (χ1n) is 5.93. The summed E-state index contributed by atoms with van der Waals surface area (Å²) in [4.78, 5) is 0. The number of ether oxygens (including phenoxy) is 2. The molecule has 1 aliphatic rings. The van der Waals surface area contributed by atoms with Gasteiger partial charge in [-0.25, -0.2) is 0 Å². The second kappa shape index (κ2) is 4.75. The lowest BCUT2D eigenvalue weighted by Crippen LogP contribution is -2.21. The number of aromatic amines is 1. The molecular formula is C13H12N4O3. The maximum absolute atomic E-state index is 9.34. The van der Waals surface area contributed by atoms with E-state index in [-0.39, 0.29) is 5.88 Å². The molecule has 1 aliphatic heterocycles. The summed E-state index contributed by atoms with van der Waals surface area (Å²) < 4.78 is 15.9. The van der Waals surface area contributed by atoms with Gasteiger partial charge in [0.25, 0.3) is 0 Å². The molecule has 0 aromatic carbocycles. The summed E-state index contributed by atoms with van der Waals surface area (Å²) in [6.07, 6.45) is 1.55. The van der Waals surface area contributed by atoms with Gasteiger partial charge in [-0.2, -0.15) is 5.26 Å². The Balaban J connectivity index is 2.19. The number of methoxy groups -OCH3 is 1. The van der Waals surface area contributed by atoms with E-state index in [0.717, 1.165) is 5.69 Å². The average Bonchev–Trinajstić information content (AvgIpc) is 3.08. The van der Waals surface area contributed by atoms with E-state index >= 15 is 0 Å². The number of nitriles is 1. The molecule has 20 heavy (non-hydrogen) atoms. The second-order valence-electron chi connectivity index (χ2n) is 4.29. The molecule has 0 bridgehead atoms. The van der Waals surface area contributed by atoms with Crippen molar-refractivity contribution in [1.29, 1.82) is 5.26 Å². The van der Waals surface area contributed by atoms with Crippen LogP contribution in [0.4, 0.5) is 0 Å². The molecule has 7 heteroatoms. The largest absolute Gasteiger partial charge is 0.468 e. The SMILES string of the molecule is COCc1[nH]nc2c1[C@H](c1ccco1)C(C#N)=C(N)O2. The van der Waals surface area contributed by atoms with Crippen molar-refractivity contribution in [3.63, 3.8) is 0 Å². The van der Waals surface area contributed by atoms with Crippen LogP contribution in [0, 0.1) is 11.3 Å². The lowest BCUT2D eigenvalue weighted by Gasteiger charge is -2.21. The molecule has 3 rings (SSSR count). The Morgan fingerprint density at radius 2 is 2.45 bits per heavy atom. The smallest absolute Gasteiger partial charge is 0.244 e. The van der Waals surface area contributed by atoms with Gasteiger partial charge in [-0.15, -0.1) is 5.10 Å². The Morgan fingerprint density at radius 1 is 1.60 bits per heavy atom. The molecule has 3 heterocycles. The van der Waals surface area contributed by atoms with Crippen LogP contribution < -0.4 is 10.5 Å². The van der Waals surface area contributed by atoms with E-state index in [0.29, 0.717) is 29.4 Å². The number of hydrogen-bond acceptors (Lipinski definition) is 6. The van der Waals surface area contributed by atoms with E-state index in [2.05, 4.69) is 16.3 Å². The zero-order chi connectivity index (χ0) is 14.1. The zero-order valence-electron chi connectivity index (χ0n) is 10.7. The molecule has 0 amide bonds. The van der Waals surface area contributed by atoms with Gasteiger partial charge in [-0.3, -0.25) is 5.10 Å². The highest BCUT2D eigenvalue weighted by Crippen LogP contribution is 2.42. The number of aromatic nitrogens is 2. The van der Waals surface area contributed by atoms with Crippen LogP contribution in [0.2, 0.25) is 0 Å². The number of rotatable bonds is 3. The van der Waals surface area contributed by atoms with E-state index in [4.69, 9.17) is 19.6 Å². The number of furan rings is 1. The Bertz CT molecular complexity index is 694. The fourth-order valence-electron chi connectivity index (χ4n) is 2.30. The Hall–Kier alpha value is -2.72. The molecule has 7 nitrogen and oxygen atoms in total. The standard InChI is InChI=1S/C13H12N4O3/c1-18-6-8-11-10(9-3-2-4-19-9)7(5-14)12(15)20-13(11)17-16-8/h2-4,10H,6,15H2,1H3,(H,16,17)/t10-/m0/s1. The Morgan fingerprint density at radius 3 is 3.10 bits per heavy atom. The first kappa shape index (κ1) is 12.3. The summed E-state index contributed by atoms with van der Waals surface area (Å²) in [5, 5.41) is 16.2. The van der Waals surface area contributed by atoms with Gasteiger partial charge in [0.15, 0.2) is 0 Å². The van der Waals surface area contributed by atoms with Crippen molar-refractivity contribution in [1.82, 2.24) is 10.2 Å². The van der Waals surface area contributed by atoms with Crippen LogP contribution in [-0.4, -0.2) is 17.3 Å². The predicted molar refractivity (Wildman–Crippen MR) is 67.3 cm³/mol. The van der Waals surface area contributed by atoms with Crippen LogP contribution in [0.3, 0.4) is 0 Å². The molecule has 1 atom stereocenters. The molecule has 0 spiro atoms. The molecule has 0 saturated carbocycles. The lowest BCUT2D eigenvalue weighted by atomic mass is 9.88. The number of allylic oxidation sites excluding steroid dienone is 1. The third-order valence-corrected chi connectivity index (χ3v) is 3.13. The Kier molecular flexibility index (Phi) is 2.93. The van der Waals surface area contributed by atoms with Gasteiger partial charge in [-0.05, 0) is 12.1 Å². The van der Waals surface area contributed by atoms with Crippen molar-refractivity contribution in [2.75, 3.05) is 7.11 Å². The van der Waals surface area contributed by atoms with Crippen LogP contribution >= 0.6 is 0 Å². The summed E-state index contributed by atoms with van der Waals surface area (Å²) in [6, 6.07) is 5.62. The first-order valence-corrected chi connectivity index (χ1v) is 5.93. The predicted octanol–water partition coefficient (Wildman–Crippen LogP) is 1.37. The number of nitrogens with one attached hydrogen (secondary N) is 1. The molecule has 0 fully saturated rings. The van der Waals surface area contributed by atoms with Gasteiger partial charge in [0.2, 0.25) is 11.8 Å². The van der Waals surface area contributed by atoms with E-state index in [1.54, 1.807) is 25.5 Å². The molecule has 0 aliphatic carbocycles. The van der Waals surface area contributed by atoms with E-state index in [9.17, 15) is 5.26 Å². The molecule has 2 aromatic rings. The number of hydrogen-bond donors (Lipinski definition) is 2. The highest BCUT2D eigenvalue weighted by molar-refractivity contribution is 5.53. The zero-order valence-corrected chi connectivity index (χ0v) is 10.7. The number of nitrogens with zero attached hydrogens (tertiary/aromatic N) is 2. The molecule has 0 unspecified atom stereocenters. The fourth-order valence-corrected chi connectivity index (χ4v) is 2.30. The molecular weight excluding hydrogens is 260 g/mol. The van der Waals surface area contributed by atoms with Crippen molar-refractivity contribution in [2.45, 2.75) is 12.5 Å². The molecule has 0 radical (unpaired) electrons. The van der Waals surface area contributed by atoms with E-state index < -0.39 is 5.92 Å². The minimum absolute atomic E-state index is 0.0388. The van der Waals surface area contributed by atoms with Crippen LogP contribution in [0.15, 0.2) is 34.3 Å². The third-order valence-electron chi connectivity index (χ3n) is 3.13. The van der Waals surface area contributed by atoms with Gasteiger partial charge in [0.1, 0.15) is 17.4 Å². The van der Waals surface area contributed by atoms with Crippen LogP contribution in [-0.2, 0) is 11.3 Å². The summed E-state index contributed by atoms with van der Waals surface area (Å²) in [6.45, 7) is 0.321. The summed E-state index contributed by atoms with van der Waals surface area (Å²) in [7, 11) is 1.58. The van der Waals surface area contributed by atoms with Gasteiger partial charge in [0, 0.05) is 7.11 Å². The van der Waals surface area contributed by atoms with Gasteiger partial charge in [0.05, 0.1) is 30.0 Å². The number of fused-ring (bicyclic) bond motifs is 1. The van der Waals surface area contributed by atoms with E-state index in [1.807, 2.05) is 0 Å². The summed E-state index contributed by atoms with van der Waals surface area (Å²) in [5.41, 5.74) is 7.53. The normalized spacial score (nSPS) is 17.5. The third kappa shape index (κ3) is 1.74. The van der Waals surface area contributed by atoms with E-state index in [1.165, 1.54) is 0 Å². The lowest BCUT2D eigenvalue weighted by molar-refractivity contribution is 0.180. The maximum atomic E-state index is 9.34. The molecule has 0 saturated heterocycles. The quantitative estimate of drug-likeness (QED) is 0.873. The second-order valence-corrected chi connectivity index (χ2v) is 4.29. The maximum Gasteiger partial charge on any atom is 0.244 e. The highest BCUT2D eigenvalue weighted by atomic mass is 16.5. The van der Waals surface area contributed by atoms with Crippen molar-refractivity contribution in [3.8, 4) is 11.9 Å². The monoisotopic (exact) mass is 272 g/mol. The van der Waals surface area contributed by atoms with Gasteiger partial charge < -0.3 is 19.6 Å². The van der Waals surface area contributed by atoms with Crippen molar-refractivity contribution >= 4 is 0 Å². The fraction of sp³-hybridized carbons (Fsp3) is 0.231. The average molecular weight is 272 g/mol. The summed E-state index contributed by atoms with van der Waals surface area (Å²) in [5.74, 6) is 0.544. The van der Waals surface area contributed by atoms with Crippen LogP contribution in [0.25, 0.3) is 0 Å². The topological polar surface area (TPSA) is 110 Å². The molecule has 102 valence electrons. The van der Waals surface area contributed by atoms with Crippen LogP contribution in [0.5, 0.6) is 5.88 Å². The first-order chi connectivity index (χ1) is 9.76.